The number of fused-ring (bicyclic) bond motifs is 1. The Bertz CT molecular complexity index is 990. The highest BCUT2D eigenvalue weighted by Crippen LogP contribution is 2.25. The van der Waals surface area contributed by atoms with E-state index < -0.39 is 15.9 Å². The summed E-state index contributed by atoms with van der Waals surface area (Å²) in [4.78, 5) is 13.4. The van der Waals surface area contributed by atoms with Crippen molar-refractivity contribution in [2.45, 2.75) is 101 Å². The van der Waals surface area contributed by atoms with Crippen LogP contribution in [0, 0.1) is 0 Å². The number of hydrogen-bond donors (Lipinski definition) is 1. The fourth-order valence-electron chi connectivity index (χ4n) is 4.70. The first-order valence-corrected chi connectivity index (χ1v) is 15.2. The van der Waals surface area contributed by atoms with Gasteiger partial charge in [-0.15, -0.1) is 0 Å². The Morgan fingerprint density at radius 3 is 1.75 bits per heavy atom. The number of benzene rings is 2. The van der Waals surface area contributed by atoms with Gasteiger partial charge >= 0.3 is 0 Å². The van der Waals surface area contributed by atoms with Gasteiger partial charge in [-0.2, -0.15) is 0 Å². The molecular weight excluding hydrogens is 468 g/mol. The molecule has 2 aromatic rings. The third kappa shape index (κ3) is 10.4. The minimum absolute atomic E-state index is 0.0648. The van der Waals surface area contributed by atoms with Crippen LogP contribution < -0.4 is 4.72 Å². The number of carbonyl (C=O) groups excluding carboxylic acids is 1. The molecule has 0 fully saturated rings. The van der Waals surface area contributed by atoms with Crippen LogP contribution in [0.2, 0.25) is 0 Å². The predicted octanol–water partition coefficient (Wildman–Crippen LogP) is 7.50. The topological polar surface area (TPSA) is 66.5 Å². The number of unbranched alkanes of at least 4 members (excludes halogenated alkanes) is 11. The van der Waals surface area contributed by atoms with Gasteiger partial charge in [0.1, 0.15) is 4.90 Å². The lowest BCUT2D eigenvalue weighted by Crippen LogP contribution is -2.20. The van der Waals surface area contributed by atoms with E-state index in [2.05, 4.69) is 56.3 Å². The molecule has 0 radical (unpaired) electrons. The molecule has 1 unspecified atom stereocenters. The molecule has 0 bridgehead atoms. The second-order valence-corrected chi connectivity index (χ2v) is 11.6. The minimum atomic E-state index is -3.55. The molecule has 1 amide bonds. The van der Waals surface area contributed by atoms with Crippen LogP contribution in [0.3, 0.4) is 0 Å². The van der Waals surface area contributed by atoms with Crippen molar-refractivity contribution >= 4 is 15.9 Å². The number of nitrogens with one attached hydrogen (secondary N) is 1. The van der Waals surface area contributed by atoms with Crippen molar-refractivity contribution in [1.29, 1.82) is 0 Å². The maximum absolute atomic E-state index is 11.1. The van der Waals surface area contributed by atoms with E-state index in [0.717, 1.165) is 0 Å². The van der Waals surface area contributed by atoms with Crippen LogP contribution in [0.1, 0.15) is 112 Å². The summed E-state index contributed by atoms with van der Waals surface area (Å²) in [5.41, 5.74) is 1.68. The molecule has 0 aromatic heterocycles. The van der Waals surface area contributed by atoms with Gasteiger partial charge in [0.05, 0.1) is 5.56 Å². The summed E-state index contributed by atoms with van der Waals surface area (Å²) >= 11 is 0. The first-order chi connectivity index (χ1) is 17.4. The molecule has 1 aliphatic rings. The molecule has 2 aromatic carbocycles. The molecule has 36 heavy (non-hydrogen) atoms. The number of amides is 1. The molecule has 6 heteroatoms. The Morgan fingerprint density at radius 2 is 1.22 bits per heavy atom. The largest absolute Gasteiger partial charge is 0.302 e. The summed E-state index contributed by atoms with van der Waals surface area (Å²) in [6.07, 6.45) is 18.4. The van der Waals surface area contributed by atoms with E-state index in [1.54, 1.807) is 12.1 Å². The van der Waals surface area contributed by atoms with Crippen LogP contribution in [0.5, 0.6) is 0 Å². The zero-order valence-electron chi connectivity index (χ0n) is 22.5. The average Bonchev–Trinajstić information content (AvgIpc) is 3.11. The fourth-order valence-corrected chi connectivity index (χ4v) is 5.87. The maximum atomic E-state index is 11.1. The van der Waals surface area contributed by atoms with E-state index >= 15 is 0 Å². The number of carbonyl (C=O) groups is 1. The SMILES string of the molecule is CCCCCCCCCCCCCCC(c1ccccc1)N(C)C.O=C1NS(=O)(=O)c2ccccc21. The molecule has 0 spiro atoms. The fraction of sp³-hybridized carbons (Fsp3) is 0.567. The van der Waals surface area contributed by atoms with E-state index in [1.807, 2.05) is 4.72 Å². The van der Waals surface area contributed by atoms with Crippen molar-refractivity contribution in [2.75, 3.05) is 14.1 Å². The van der Waals surface area contributed by atoms with Gasteiger partial charge in [0, 0.05) is 6.04 Å². The third-order valence-corrected chi connectivity index (χ3v) is 8.18. The van der Waals surface area contributed by atoms with Crippen molar-refractivity contribution in [2.24, 2.45) is 0 Å². The van der Waals surface area contributed by atoms with Crippen LogP contribution in [0.25, 0.3) is 0 Å². The molecule has 0 saturated heterocycles. The molecule has 1 N–H and O–H groups in total. The van der Waals surface area contributed by atoms with Crippen LogP contribution in [0.15, 0.2) is 59.5 Å². The highest BCUT2D eigenvalue weighted by molar-refractivity contribution is 7.90. The highest BCUT2D eigenvalue weighted by Gasteiger charge is 2.31. The van der Waals surface area contributed by atoms with Crippen molar-refractivity contribution < 1.29 is 13.2 Å². The lowest BCUT2D eigenvalue weighted by molar-refractivity contribution is 0.0985. The van der Waals surface area contributed by atoms with Crippen molar-refractivity contribution in [1.82, 2.24) is 9.62 Å². The normalized spacial score (nSPS) is 14.6. The van der Waals surface area contributed by atoms with Gasteiger partial charge in [-0.1, -0.05) is 126 Å². The number of hydrogen-bond acceptors (Lipinski definition) is 4. The monoisotopic (exact) mass is 514 g/mol. The first-order valence-electron chi connectivity index (χ1n) is 13.7. The molecule has 1 atom stereocenters. The minimum Gasteiger partial charge on any atom is -0.302 e. The van der Waals surface area contributed by atoms with E-state index in [9.17, 15) is 13.2 Å². The van der Waals surface area contributed by atoms with E-state index in [-0.39, 0.29) is 10.5 Å². The van der Waals surface area contributed by atoms with Gasteiger partial charge in [-0.25, -0.2) is 13.1 Å². The molecule has 5 nitrogen and oxygen atoms in total. The zero-order valence-corrected chi connectivity index (χ0v) is 23.4. The lowest BCUT2D eigenvalue weighted by atomic mass is 9.98. The Balaban J connectivity index is 0.000000313. The van der Waals surface area contributed by atoms with E-state index in [1.165, 1.54) is 101 Å². The van der Waals surface area contributed by atoms with Crippen molar-refractivity contribution in [3.05, 3.63) is 65.7 Å². The smallest absolute Gasteiger partial charge is 0.266 e. The molecule has 1 heterocycles. The van der Waals surface area contributed by atoms with E-state index in [4.69, 9.17) is 0 Å². The summed E-state index contributed by atoms with van der Waals surface area (Å²) in [7, 11) is 0.859. The number of nitrogens with zero attached hydrogens (tertiary/aromatic N) is 1. The number of rotatable bonds is 15. The van der Waals surface area contributed by atoms with Gasteiger partial charge in [0.25, 0.3) is 15.9 Å². The molecular formula is C30H46N2O3S. The van der Waals surface area contributed by atoms with Gasteiger partial charge in [0.15, 0.2) is 0 Å². The summed E-state index contributed by atoms with van der Waals surface area (Å²) in [5.74, 6) is -0.550. The van der Waals surface area contributed by atoms with Crippen molar-refractivity contribution in [3.8, 4) is 0 Å². The first kappa shape index (κ1) is 30.0. The average molecular weight is 515 g/mol. The van der Waals surface area contributed by atoms with Crippen LogP contribution in [0.4, 0.5) is 0 Å². The zero-order chi connectivity index (χ0) is 26.2. The van der Waals surface area contributed by atoms with Crippen molar-refractivity contribution in [3.63, 3.8) is 0 Å². The lowest BCUT2D eigenvalue weighted by Gasteiger charge is -2.24. The Labute approximate surface area is 219 Å². The van der Waals surface area contributed by atoms with Crippen LogP contribution >= 0.6 is 0 Å². The van der Waals surface area contributed by atoms with Crippen LogP contribution in [-0.4, -0.2) is 33.3 Å². The van der Waals surface area contributed by atoms with E-state index in [0.29, 0.717) is 6.04 Å². The highest BCUT2D eigenvalue weighted by atomic mass is 32.2. The Kier molecular flexibility index (Phi) is 13.8. The molecule has 0 aliphatic carbocycles. The predicted molar refractivity (Wildman–Crippen MR) is 150 cm³/mol. The maximum Gasteiger partial charge on any atom is 0.266 e. The summed E-state index contributed by atoms with van der Waals surface area (Å²) < 4.78 is 24.2. The van der Waals surface area contributed by atoms with Crippen LogP contribution in [-0.2, 0) is 10.0 Å². The van der Waals surface area contributed by atoms with Gasteiger partial charge in [0.2, 0.25) is 0 Å². The standard InChI is InChI=1S/C23H41N.C7H5NO3S/c1-4-5-6-7-8-9-10-11-12-13-14-18-21-23(24(2)3)22-19-16-15-17-20-22;9-7-5-3-1-2-4-6(5)12(10,11)8-7/h15-17,19-20,23H,4-14,18,21H2,1-3H3;1-4H,(H,8,9). The second-order valence-electron chi connectivity index (χ2n) is 10.00. The molecule has 200 valence electrons. The van der Waals surface area contributed by atoms with Gasteiger partial charge in [-0.05, 0) is 38.2 Å². The molecule has 1 aliphatic heterocycles. The second kappa shape index (κ2) is 16.5. The molecule has 3 rings (SSSR count). The Morgan fingerprint density at radius 1 is 0.722 bits per heavy atom. The van der Waals surface area contributed by atoms with Gasteiger partial charge < -0.3 is 4.90 Å². The quantitative estimate of drug-likeness (QED) is 0.250. The Hall–Kier alpha value is -2.18. The summed E-state index contributed by atoms with van der Waals surface area (Å²) in [6.45, 7) is 2.29. The molecule has 0 saturated carbocycles. The summed E-state index contributed by atoms with van der Waals surface area (Å²) in [5, 5.41) is 0. The number of sulfonamides is 1. The summed E-state index contributed by atoms with van der Waals surface area (Å²) in [6, 6.07) is 17.6. The van der Waals surface area contributed by atoms with Gasteiger partial charge in [-0.3, -0.25) is 4.79 Å². The third-order valence-electron chi connectivity index (χ3n) is 6.79.